The molecule has 0 aromatic carbocycles. The summed E-state index contributed by atoms with van der Waals surface area (Å²) >= 11 is 0. The Bertz CT molecular complexity index is 112. The molecular weight excluding hydrogens is 130 g/mol. The van der Waals surface area contributed by atoms with Crippen LogP contribution in [0.2, 0.25) is 0 Å². The molecular formula is C7H15NO2. The maximum atomic E-state index is 10.9. The molecule has 0 aliphatic rings. The minimum absolute atomic E-state index is 0.113. The van der Waals surface area contributed by atoms with Crippen molar-refractivity contribution < 1.29 is 9.53 Å². The van der Waals surface area contributed by atoms with Crippen LogP contribution < -0.4 is 5.73 Å². The van der Waals surface area contributed by atoms with Gasteiger partial charge < -0.3 is 10.5 Å². The molecule has 0 aromatic rings. The number of hydrogen-bond acceptors (Lipinski definition) is 3. The first kappa shape index (κ1) is 9.43. The fourth-order valence-corrected chi connectivity index (χ4v) is 0.904. The minimum Gasteiger partial charge on any atom is -0.469 e. The highest BCUT2D eigenvalue weighted by Crippen LogP contribution is 2.07. The van der Waals surface area contributed by atoms with E-state index >= 15 is 0 Å². The fraction of sp³-hybridized carbons (Fsp3) is 0.857. The molecule has 0 aliphatic carbocycles. The highest BCUT2D eigenvalue weighted by molar-refractivity contribution is 5.72. The minimum atomic E-state index is -0.211. The normalized spacial score (nSPS) is 16.0. The Morgan fingerprint density at radius 2 is 2.20 bits per heavy atom. The third kappa shape index (κ3) is 2.35. The van der Waals surface area contributed by atoms with Crippen LogP contribution in [0.5, 0.6) is 0 Å². The van der Waals surface area contributed by atoms with E-state index in [2.05, 4.69) is 4.74 Å². The summed E-state index contributed by atoms with van der Waals surface area (Å²) < 4.78 is 4.55. The van der Waals surface area contributed by atoms with Crippen molar-refractivity contribution in [3.8, 4) is 0 Å². The molecule has 0 aromatic heterocycles. The number of carbonyl (C=O) groups excluding carboxylic acids is 1. The number of hydrogen-bond donors (Lipinski definition) is 1. The summed E-state index contributed by atoms with van der Waals surface area (Å²) in [7, 11) is 1.38. The predicted molar refractivity (Wildman–Crippen MR) is 39.4 cm³/mol. The zero-order valence-corrected chi connectivity index (χ0v) is 6.76. The third-order valence-electron chi connectivity index (χ3n) is 1.58. The fourth-order valence-electron chi connectivity index (χ4n) is 0.904. The number of nitrogens with two attached hydrogens (primary N) is 1. The molecule has 3 nitrogen and oxygen atoms in total. The van der Waals surface area contributed by atoms with E-state index in [4.69, 9.17) is 5.73 Å². The summed E-state index contributed by atoms with van der Waals surface area (Å²) in [5, 5.41) is 0. The zero-order chi connectivity index (χ0) is 8.15. The van der Waals surface area contributed by atoms with Crippen molar-refractivity contribution in [1.82, 2.24) is 0 Å². The number of ether oxygens (including phenoxy) is 1. The monoisotopic (exact) mass is 145 g/mol. The van der Waals surface area contributed by atoms with Gasteiger partial charge in [-0.3, -0.25) is 4.79 Å². The topological polar surface area (TPSA) is 52.3 Å². The molecule has 2 N–H and O–H groups in total. The molecule has 0 bridgehead atoms. The largest absolute Gasteiger partial charge is 0.469 e. The van der Waals surface area contributed by atoms with Crippen molar-refractivity contribution in [2.45, 2.75) is 26.3 Å². The van der Waals surface area contributed by atoms with Gasteiger partial charge in [0.05, 0.1) is 13.0 Å². The van der Waals surface area contributed by atoms with E-state index in [1.54, 1.807) is 0 Å². The maximum Gasteiger partial charge on any atom is 0.310 e. The summed E-state index contributed by atoms with van der Waals surface area (Å²) in [6, 6.07) is -0.113. The Hall–Kier alpha value is -0.570. The molecule has 0 fully saturated rings. The van der Waals surface area contributed by atoms with Crippen molar-refractivity contribution in [1.29, 1.82) is 0 Å². The van der Waals surface area contributed by atoms with Crippen LogP contribution in [0.15, 0.2) is 0 Å². The van der Waals surface area contributed by atoms with Crippen LogP contribution in [0, 0.1) is 5.92 Å². The molecule has 10 heavy (non-hydrogen) atoms. The predicted octanol–water partition coefficient (Wildman–Crippen LogP) is 0.533. The van der Waals surface area contributed by atoms with Crippen LogP contribution in [-0.2, 0) is 9.53 Å². The van der Waals surface area contributed by atoms with Crippen LogP contribution in [0.3, 0.4) is 0 Å². The molecule has 3 heteroatoms. The summed E-state index contributed by atoms with van der Waals surface area (Å²) in [5.41, 5.74) is 5.52. The van der Waals surface area contributed by atoms with Gasteiger partial charge in [0, 0.05) is 6.04 Å². The zero-order valence-electron chi connectivity index (χ0n) is 6.76. The third-order valence-corrected chi connectivity index (χ3v) is 1.58. The summed E-state index contributed by atoms with van der Waals surface area (Å²) in [5.74, 6) is -0.359. The highest BCUT2D eigenvalue weighted by atomic mass is 16.5. The lowest BCUT2D eigenvalue weighted by atomic mass is 10.00. The van der Waals surface area contributed by atoms with Gasteiger partial charge in [0.2, 0.25) is 0 Å². The van der Waals surface area contributed by atoms with Gasteiger partial charge in [0.15, 0.2) is 0 Å². The molecule has 0 amide bonds. The van der Waals surface area contributed by atoms with Gasteiger partial charge in [-0.1, -0.05) is 6.92 Å². The van der Waals surface area contributed by atoms with Gasteiger partial charge in [0.25, 0.3) is 0 Å². The Kier molecular flexibility index (Phi) is 4.03. The van der Waals surface area contributed by atoms with E-state index in [-0.39, 0.29) is 17.9 Å². The Morgan fingerprint density at radius 1 is 1.70 bits per heavy atom. The van der Waals surface area contributed by atoms with Gasteiger partial charge in [-0.25, -0.2) is 0 Å². The Morgan fingerprint density at radius 3 is 2.30 bits per heavy atom. The molecule has 2 unspecified atom stereocenters. The molecule has 0 heterocycles. The molecule has 0 radical (unpaired) electrons. The van der Waals surface area contributed by atoms with E-state index in [9.17, 15) is 4.79 Å². The Labute approximate surface area is 61.5 Å². The van der Waals surface area contributed by atoms with Crippen molar-refractivity contribution in [3.05, 3.63) is 0 Å². The highest BCUT2D eigenvalue weighted by Gasteiger charge is 2.20. The van der Waals surface area contributed by atoms with Crippen LogP contribution in [0.25, 0.3) is 0 Å². The van der Waals surface area contributed by atoms with Crippen molar-refractivity contribution in [2.24, 2.45) is 11.7 Å². The maximum absolute atomic E-state index is 10.9. The smallest absolute Gasteiger partial charge is 0.310 e. The van der Waals surface area contributed by atoms with Crippen molar-refractivity contribution in [2.75, 3.05) is 7.11 Å². The molecule has 0 spiro atoms. The molecule has 0 saturated heterocycles. The lowest BCUT2D eigenvalue weighted by molar-refractivity contribution is -0.146. The van der Waals surface area contributed by atoms with Gasteiger partial charge in [0.1, 0.15) is 0 Å². The van der Waals surface area contributed by atoms with Crippen molar-refractivity contribution >= 4 is 5.97 Å². The number of methoxy groups -OCH3 is 1. The molecule has 60 valence electrons. The lowest BCUT2D eigenvalue weighted by Crippen LogP contribution is -2.33. The van der Waals surface area contributed by atoms with Crippen LogP contribution in [0.4, 0.5) is 0 Å². The number of rotatable bonds is 3. The second-order valence-electron chi connectivity index (χ2n) is 2.40. The molecule has 0 rings (SSSR count). The van der Waals surface area contributed by atoms with Crippen LogP contribution in [-0.4, -0.2) is 19.1 Å². The van der Waals surface area contributed by atoms with Crippen molar-refractivity contribution in [3.63, 3.8) is 0 Å². The van der Waals surface area contributed by atoms with E-state index in [1.807, 2.05) is 13.8 Å². The molecule has 0 saturated carbocycles. The average Bonchev–Trinajstić information content (AvgIpc) is 1.88. The number of esters is 1. The standard InChI is InChI=1S/C7H15NO2/c1-4-6(5(2)8)7(9)10-3/h5-6H,4,8H2,1-3H3. The lowest BCUT2D eigenvalue weighted by Gasteiger charge is -2.15. The SMILES string of the molecule is CCC(C(=O)OC)C(C)N. The van der Waals surface area contributed by atoms with E-state index < -0.39 is 0 Å². The first-order valence-electron chi connectivity index (χ1n) is 3.46. The van der Waals surface area contributed by atoms with Gasteiger partial charge in [-0.15, -0.1) is 0 Å². The van der Waals surface area contributed by atoms with Crippen LogP contribution >= 0.6 is 0 Å². The van der Waals surface area contributed by atoms with Crippen LogP contribution in [0.1, 0.15) is 20.3 Å². The first-order chi connectivity index (χ1) is 4.63. The first-order valence-corrected chi connectivity index (χ1v) is 3.46. The summed E-state index contributed by atoms with van der Waals surface area (Å²) in [6.07, 6.45) is 0.740. The quantitative estimate of drug-likeness (QED) is 0.589. The molecule has 0 aliphatic heterocycles. The van der Waals surface area contributed by atoms with Gasteiger partial charge in [-0.2, -0.15) is 0 Å². The summed E-state index contributed by atoms with van der Waals surface area (Å²) in [4.78, 5) is 10.9. The second-order valence-corrected chi connectivity index (χ2v) is 2.40. The van der Waals surface area contributed by atoms with Gasteiger partial charge in [-0.05, 0) is 13.3 Å². The molecule has 2 atom stereocenters. The second kappa shape index (κ2) is 4.28. The van der Waals surface area contributed by atoms with E-state index in [1.165, 1.54) is 7.11 Å². The number of carbonyl (C=O) groups is 1. The van der Waals surface area contributed by atoms with E-state index in [0.29, 0.717) is 0 Å². The van der Waals surface area contributed by atoms with E-state index in [0.717, 1.165) is 6.42 Å². The van der Waals surface area contributed by atoms with Gasteiger partial charge >= 0.3 is 5.97 Å². The summed E-state index contributed by atoms with van der Waals surface area (Å²) in [6.45, 7) is 3.73. The average molecular weight is 145 g/mol. The Balaban J connectivity index is 3.93.